The van der Waals surface area contributed by atoms with Crippen LogP contribution in [0.4, 0.5) is 0 Å². The third kappa shape index (κ3) is 2.81. The molecule has 0 radical (unpaired) electrons. The van der Waals surface area contributed by atoms with Crippen molar-refractivity contribution in [1.82, 2.24) is 15.0 Å². The highest BCUT2D eigenvalue weighted by Crippen LogP contribution is 2.38. The van der Waals surface area contributed by atoms with Crippen LogP contribution < -0.4 is 5.73 Å². The lowest BCUT2D eigenvalue weighted by Gasteiger charge is -2.34. The lowest BCUT2D eigenvalue weighted by molar-refractivity contribution is 0.278. The number of nitrogens with zero attached hydrogens (tertiary/aromatic N) is 3. The van der Waals surface area contributed by atoms with E-state index in [9.17, 15) is 0 Å². The molecule has 1 atom stereocenters. The van der Waals surface area contributed by atoms with Crippen LogP contribution in [0.5, 0.6) is 0 Å². The number of nitrogens with two attached hydrogens (primary N) is 1. The summed E-state index contributed by atoms with van der Waals surface area (Å²) in [6.45, 7) is 8.48. The molecule has 4 heteroatoms. The first-order chi connectivity index (χ1) is 9.84. The summed E-state index contributed by atoms with van der Waals surface area (Å²) in [5.74, 6) is 0.771. The van der Waals surface area contributed by atoms with Crippen LogP contribution in [0.1, 0.15) is 49.0 Å². The Hall–Kier alpha value is -1.81. The van der Waals surface area contributed by atoms with Gasteiger partial charge in [0.15, 0.2) is 5.82 Å². The smallest absolute Gasteiger partial charge is 0.159 e. The SMILES string of the molecule is Cc1cc(-c2ncc3c(n2)CC(C)(C)CC3N)cc(C)n1. The van der Waals surface area contributed by atoms with Crippen molar-refractivity contribution < 1.29 is 0 Å². The molecule has 0 bridgehead atoms. The normalized spacial score (nSPS) is 20.1. The maximum absolute atomic E-state index is 6.27. The Labute approximate surface area is 125 Å². The van der Waals surface area contributed by atoms with Crippen LogP contribution in [0.3, 0.4) is 0 Å². The Bertz CT molecular complexity index is 671. The summed E-state index contributed by atoms with van der Waals surface area (Å²) in [6.07, 6.45) is 3.84. The number of aryl methyl sites for hydroxylation is 2. The minimum atomic E-state index is 0.0405. The Balaban J connectivity index is 2.07. The molecule has 2 aromatic rings. The van der Waals surface area contributed by atoms with Gasteiger partial charge in [-0.25, -0.2) is 9.97 Å². The molecule has 0 amide bonds. The molecular weight excluding hydrogens is 260 g/mol. The summed E-state index contributed by atoms with van der Waals surface area (Å²) >= 11 is 0. The van der Waals surface area contributed by atoms with Crippen LogP contribution in [0.2, 0.25) is 0 Å². The summed E-state index contributed by atoms with van der Waals surface area (Å²) in [6, 6.07) is 4.10. The van der Waals surface area contributed by atoms with Gasteiger partial charge in [0.2, 0.25) is 0 Å². The van der Waals surface area contributed by atoms with E-state index in [1.165, 1.54) is 0 Å². The first kappa shape index (κ1) is 14.1. The molecule has 21 heavy (non-hydrogen) atoms. The molecule has 110 valence electrons. The second-order valence-electron chi connectivity index (χ2n) is 6.89. The minimum absolute atomic E-state index is 0.0405. The molecule has 0 saturated heterocycles. The van der Waals surface area contributed by atoms with Gasteiger partial charge in [-0.05, 0) is 44.2 Å². The molecular formula is C17H22N4. The van der Waals surface area contributed by atoms with Crippen molar-refractivity contribution in [1.29, 1.82) is 0 Å². The summed E-state index contributed by atoms with van der Waals surface area (Å²) in [5.41, 5.74) is 11.7. The van der Waals surface area contributed by atoms with E-state index in [0.717, 1.165) is 46.9 Å². The van der Waals surface area contributed by atoms with Crippen molar-refractivity contribution in [2.45, 2.75) is 46.6 Å². The number of aromatic nitrogens is 3. The monoisotopic (exact) mass is 282 g/mol. The Morgan fingerprint density at radius 1 is 1.14 bits per heavy atom. The second-order valence-corrected chi connectivity index (χ2v) is 6.89. The summed E-state index contributed by atoms with van der Waals surface area (Å²) in [7, 11) is 0. The Morgan fingerprint density at radius 2 is 1.81 bits per heavy atom. The van der Waals surface area contributed by atoms with Gasteiger partial charge in [0.25, 0.3) is 0 Å². The third-order valence-electron chi connectivity index (χ3n) is 4.06. The average Bonchev–Trinajstić information content (AvgIpc) is 2.35. The minimum Gasteiger partial charge on any atom is -0.324 e. The Morgan fingerprint density at radius 3 is 2.48 bits per heavy atom. The third-order valence-corrected chi connectivity index (χ3v) is 4.06. The number of rotatable bonds is 1. The van der Waals surface area contributed by atoms with Crippen LogP contribution >= 0.6 is 0 Å². The number of hydrogen-bond donors (Lipinski definition) is 1. The van der Waals surface area contributed by atoms with Gasteiger partial charge in [-0.15, -0.1) is 0 Å². The van der Waals surface area contributed by atoms with E-state index in [-0.39, 0.29) is 11.5 Å². The molecule has 2 N–H and O–H groups in total. The van der Waals surface area contributed by atoms with Crippen molar-refractivity contribution in [3.63, 3.8) is 0 Å². The highest BCUT2D eigenvalue weighted by atomic mass is 14.9. The predicted molar refractivity (Wildman–Crippen MR) is 83.8 cm³/mol. The average molecular weight is 282 g/mol. The fourth-order valence-corrected chi connectivity index (χ4v) is 3.21. The first-order valence-electron chi connectivity index (χ1n) is 7.41. The van der Waals surface area contributed by atoms with E-state index in [4.69, 9.17) is 10.7 Å². The molecule has 0 fully saturated rings. The molecule has 0 aliphatic heterocycles. The Kier molecular flexibility index (Phi) is 3.29. The fraction of sp³-hybridized carbons (Fsp3) is 0.471. The second kappa shape index (κ2) is 4.88. The van der Waals surface area contributed by atoms with Crippen molar-refractivity contribution in [2.24, 2.45) is 11.1 Å². The number of pyridine rings is 1. The summed E-state index contributed by atoms with van der Waals surface area (Å²) in [4.78, 5) is 13.7. The molecule has 1 aliphatic carbocycles. The highest BCUT2D eigenvalue weighted by Gasteiger charge is 2.31. The van der Waals surface area contributed by atoms with Gasteiger partial charge >= 0.3 is 0 Å². The van der Waals surface area contributed by atoms with E-state index >= 15 is 0 Å². The van der Waals surface area contributed by atoms with Crippen LogP contribution in [0.25, 0.3) is 11.4 Å². The lowest BCUT2D eigenvalue weighted by Crippen LogP contribution is -2.30. The van der Waals surface area contributed by atoms with Gasteiger partial charge in [0.1, 0.15) is 0 Å². The van der Waals surface area contributed by atoms with Crippen LogP contribution in [0, 0.1) is 19.3 Å². The van der Waals surface area contributed by atoms with Gasteiger partial charge in [-0.1, -0.05) is 13.8 Å². The predicted octanol–water partition coefficient (Wildman–Crippen LogP) is 3.13. The zero-order valence-electron chi connectivity index (χ0n) is 13.1. The van der Waals surface area contributed by atoms with E-state index < -0.39 is 0 Å². The zero-order valence-corrected chi connectivity index (χ0v) is 13.1. The van der Waals surface area contributed by atoms with Gasteiger partial charge < -0.3 is 5.73 Å². The van der Waals surface area contributed by atoms with Gasteiger partial charge in [0, 0.05) is 40.4 Å². The maximum atomic E-state index is 6.27. The summed E-state index contributed by atoms with van der Waals surface area (Å²) < 4.78 is 0. The number of hydrogen-bond acceptors (Lipinski definition) is 4. The van der Waals surface area contributed by atoms with Crippen molar-refractivity contribution >= 4 is 0 Å². The van der Waals surface area contributed by atoms with E-state index in [0.29, 0.717) is 0 Å². The molecule has 0 aromatic carbocycles. The molecule has 0 spiro atoms. The summed E-state index contributed by atoms with van der Waals surface area (Å²) in [5, 5.41) is 0. The lowest BCUT2D eigenvalue weighted by atomic mass is 9.74. The van der Waals surface area contributed by atoms with E-state index in [1.54, 1.807) is 0 Å². The van der Waals surface area contributed by atoms with Crippen molar-refractivity contribution in [3.8, 4) is 11.4 Å². The maximum Gasteiger partial charge on any atom is 0.159 e. The van der Waals surface area contributed by atoms with Gasteiger partial charge in [-0.2, -0.15) is 0 Å². The van der Waals surface area contributed by atoms with E-state index in [1.807, 2.05) is 32.2 Å². The largest absolute Gasteiger partial charge is 0.324 e. The van der Waals surface area contributed by atoms with Gasteiger partial charge in [-0.3, -0.25) is 4.98 Å². The topological polar surface area (TPSA) is 64.7 Å². The van der Waals surface area contributed by atoms with Crippen LogP contribution in [0.15, 0.2) is 18.3 Å². The quantitative estimate of drug-likeness (QED) is 0.872. The first-order valence-corrected chi connectivity index (χ1v) is 7.41. The van der Waals surface area contributed by atoms with Crippen molar-refractivity contribution in [3.05, 3.63) is 41.0 Å². The van der Waals surface area contributed by atoms with E-state index in [2.05, 4.69) is 23.8 Å². The molecule has 0 saturated carbocycles. The standard InChI is InChI=1S/C17H22N4/c1-10-5-12(6-11(2)20-10)16-19-9-13-14(18)7-17(3,4)8-15(13)21-16/h5-6,9,14H,7-8,18H2,1-4H3. The molecule has 3 rings (SSSR count). The highest BCUT2D eigenvalue weighted by molar-refractivity contribution is 5.56. The fourth-order valence-electron chi connectivity index (χ4n) is 3.21. The molecule has 1 unspecified atom stereocenters. The zero-order chi connectivity index (χ0) is 15.2. The number of fused-ring (bicyclic) bond motifs is 1. The van der Waals surface area contributed by atoms with Crippen LogP contribution in [-0.2, 0) is 6.42 Å². The van der Waals surface area contributed by atoms with Gasteiger partial charge in [0.05, 0.1) is 0 Å². The molecule has 2 heterocycles. The van der Waals surface area contributed by atoms with Crippen LogP contribution in [-0.4, -0.2) is 15.0 Å². The molecule has 4 nitrogen and oxygen atoms in total. The molecule has 2 aromatic heterocycles. The van der Waals surface area contributed by atoms with Crippen molar-refractivity contribution in [2.75, 3.05) is 0 Å². The molecule has 1 aliphatic rings.